The minimum absolute atomic E-state index is 0.256. The summed E-state index contributed by atoms with van der Waals surface area (Å²) in [7, 11) is 0. The van der Waals surface area contributed by atoms with E-state index in [0.29, 0.717) is 5.92 Å². The van der Waals surface area contributed by atoms with Gasteiger partial charge in [0.05, 0.1) is 5.69 Å². The molecule has 0 saturated heterocycles. The second kappa shape index (κ2) is 3.72. The summed E-state index contributed by atoms with van der Waals surface area (Å²) < 4.78 is 1.92. The van der Waals surface area contributed by atoms with Crippen molar-refractivity contribution in [2.45, 2.75) is 52.0 Å². The lowest BCUT2D eigenvalue weighted by Gasteiger charge is -2.25. The molecular formula is C13H18N2O. The van der Waals surface area contributed by atoms with Crippen molar-refractivity contribution in [2.24, 2.45) is 5.92 Å². The monoisotopic (exact) mass is 218 g/mol. The Hall–Kier alpha value is -1.12. The number of hydrogen-bond acceptors (Lipinski definition) is 2. The molecule has 0 aromatic carbocycles. The van der Waals surface area contributed by atoms with Crippen molar-refractivity contribution in [2.75, 3.05) is 0 Å². The summed E-state index contributed by atoms with van der Waals surface area (Å²) in [5.74, 6) is 1.71. The van der Waals surface area contributed by atoms with Crippen molar-refractivity contribution in [3.63, 3.8) is 0 Å². The quantitative estimate of drug-likeness (QED) is 0.664. The molecule has 16 heavy (non-hydrogen) atoms. The zero-order valence-electron chi connectivity index (χ0n) is 9.83. The standard InChI is InChI=1S/C13H18N2O/c1-9-6-7-15-12(8-9)14-11-5-3-2-4-10(11)13(15)16/h9H,2-8H2,1H3. The van der Waals surface area contributed by atoms with E-state index in [-0.39, 0.29) is 5.56 Å². The van der Waals surface area contributed by atoms with E-state index in [2.05, 4.69) is 6.92 Å². The maximum absolute atomic E-state index is 12.3. The molecule has 1 aromatic heterocycles. The minimum atomic E-state index is 0.256. The maximum Gasteiger partial charge on any atom is 0.256 e. The fourth-order valence-corrected chi connectivity index (χ4v) is 2.89. The Morgan fingerprint density at radius 2 is 2.12 bits per heavy atom. The lowest BCUT2D eigenvalue weighted by Crippen LogP contribution is -2.35. The molecule has 1 atom stereocenters. The third-order valence-electron chi connectivity index (χ3n) is 3.89. The van der Waals surface area contributed by atoms with Crippen LogP contribution in [-0.4, -0.2) is 9.55 Å². The third kappa shape index (κ3) is 1.49. The van der Waals surface area contributed by atoms with Crippen LogP contribution in [0.25, 0.3) is 0 Å². The van der Waals surface area contributed by atoms with Crippen molar-refractivity contribution >= 4 is 0 Å². The van der Waals surface area contributed by atoms with Crippen molar-refractivity contribution in [1.82, 2.24) is 9.55 Å². The number of rotatable bonds is 0. The van der Waals surface area contributed by atoms with E-state index >= 15 is 0 Å². The van der Waals surface area contributed by atoms with Gasteiger partial charge in [-0.05, 0) is 38.0 Å². The first-order chi connectivity index (χ1) is 7.75. The van der Waals surface area contributed by atoms with Crippen LogP contribution < -0.4 is 5.56 Å². The third-order valence-corrected chi connectivity index (χ3v) is 3.89. The van der Waals surface area contributed by atoms with Gasteiger partial charge in [-0.15, -0.1) is 0 Å². The Kier molecular flexibility index (Phi) is 2.34. The number of aryl methyl sites for hydroxylation is 1. The molecule has 2 aliphatic rings. The van der Waals surface area contributed by atoms with Crippen LogP contribution in [-0.2, 0) is 25.8 Å². The largest absolute Gasteiger partial charge is 0.296 e. The molecule has 0 radical (unpaired) electrons. The Morgan fingerprint density at radius 1 is 1.31 bits per heavy atom. The molecule has 0 saturated carbocycles. The van der Waals surface area contributed by atoms with E-state index in [1.54, 1.807) is 0 Å². The summed E-state index contributed by atoms with van der Waals surface area (Å²) in [6.07, 6.45) is 6.39. The molecule has 1 aliphatic carbocycles. The summed E-state index contributed by atoms with van der Waals surface area (Å²) in [5, 5.41) is 0. The lowest BCUT2D eigenvalue weighted by molar-refractivity contribution is 0.388. The molecule has 3 rings (SSSR count). The Bertz CT molecular complexity index is 476. The van der Waals surface area contributed by atoms with Crippen molar-refractivity contribution < 1.29 is 0 Å². The Labute approximate surface area is 95.5 Å². The van der Waals surface area contributed by atoms with Gasteiger partial charge in [0.25, 0.3) is 5.56 Å². The van der Waals surface area contributed by atoms with Gasteiger partial charge in [-0.25, -0.2) is 4.98 Å². The summed E-state index contributed by atoms with van der Waals surface area (Å²) in [6, 6.07) is 0. The molecule has 3 nitrogen and oxygen atoms in total. The van der Waals surface area contributed by atoms with E-state index in [4.69, 9.17) is 4.98 Å². The van der Waals surface area contributed by atoms with Gasteiger partial charge in [-0.1, -0.05) is 6.92 Å². The van der Waals surface area contributed by atoms with Crippen LogP contribution in [0.3, 0.4) is 0 Å². The van der Waals surface area contributed by atoms with Gasteiger partial charge in [0.2, 0.25) is 0 Å². The molecule has 0 spiro atoms. The first-order valence-electron chi connectivity index (χ1n) is 6.37. The van der Waals surface area contributed by atoms with Gasteiger partial charge in [0, 0.05) is 18.5 Å². The van der Waals surface area contributed by atoms with Gasteiger partial charge >= 0.3 is 0 Å². The Balaban J connectivity index is 2.15. The predicted molar refractivity (Wildman–Crippen MR) is 62.6 cm³/mol. The smallest absolute Gasteiger partial charge is 0.256 e. The summed E-state index contributed by atoms with van der Waals surface area (Å²) in [5.41, 5.74) is 2.35. The van der Waals surface area contributed by atoms with Crippen LogP contribution in [0.2, 0.25) is 0 Å². The summed E-state index contributed by atoms with van der Waals surface area (Å²) in [6.45, 7) is 3.12. The molecule has 86 valence electrons. The summed E-state index contributed by atoms with van der Waals surface area (Å²) >= 11 is 0. The number of nitrogens with zero attached hydrogens (tertiary/aromatic N) is 2. The first kappa shape index (κ1) is 10.1. The predicted octanol–water partition coefficient (Wildman–Crippen LogP) is 1.70. The minimum Gasteiger partial charge on any atom is -0.296 e. The maximum atomic E-state index is 12.3. The van der Waals surface area contributed by atoms with Crippen LogP contribution in [0.1, 0.15) is 43.3 Å². The van der Waals surface area contributed by atoms with Gasteiger partial charge in [0.15, 0.2) is 0 Å². The van der Waals surface area contributed by atoms with Gasteiger partial charge < -0.3 is 0 Å². The van der Waals surface area contributed by atoms with Crippen LogP contribution in [0, 0.1) is 5.92 Å². The molecule has 0 N–H and O–H groups in total. The van der Waals surface area contributed by atoms with E-state index < -0.39 is 0 Å². The number of aromatic nitrogens is 2. The highest BCUT2D eigenvalue weighted by atomic mass is 16.1. The van der Waals surface area contributed by atoms with Crippen LogP contribution >= 0.6 is 0 Å². The molecule has 1 aromatic rings. The second-order valence-electron chi connectivity index (χ2n) is 5.22. The van der Waals surface area contributed by atoms with Crippen LogP contribution in [0.15, 0.2) is 4.79 Å². The number of hydrogen-bond donors (Lipinski definition) is 0. The SMILES string of the molecule is CC1CCn2c(nc3c(c2=O)CCCC3)C1. The molecule has 1 aliphatic heterocycles. The fraction of sp³-hybridized carbons (Fsp3) is 0.692. The van der Waals surface area contributed by atoms with E-state index in [0.717, 1.165) is 55.7 Å². The Morgan fingerprint density at radius 3 is 3.00 bits per heavy atom. The second-order valence-corrected chi connectivity index (χ2v) is 5.22. The van der Waals surface area contributed by atoms with E-state index in [1.165, 1.54) is 6.42 Å². The van der Waals surface area contributed by atoms with Crippen molar-refractivity contribution in [1.29, 1.82) is 0 Å². The molecule has 0 amide bonds. The zero-order chi connectivity index (χ0) is 11.1. The average Bonchev–Trinajstić information content (AvgIpc) is 2.29. The summed E-state index contributed by atoms with van der Waals surface area (Å²) in [4.78, 5) is 17.0. The lowest BCUT2D eigenvalue weighted by atomic mass is 9.95. The molecule has 0 bridgehead atoms. The number of fused-ring (bicyclic) bond motifs is 2. The average molecular weight is 218 g/mol. The molecular weight excluding hydrogens is 200 g/mol. The normalized spacial score (nSPS) is 23.7. The molecule has 1 unspecified atom stereocenters. The highest BCUT2D eigenvalue weighted by Crippen LogP contribution is 2.21. The van der Waals surface area contributed by atoms with E-state index in [9.17, 15) is 4.79 Å². The van der Waals surface area contributed by atoms with Gasteiger partial charge in [-0.2, -0.15) is 0 Å². The van der Waals surface area contributed by atoms with Crippen molar-refractivity contribution in [3.05, 3.63) is 27.4 Å². The van der Waals surface area contributed by atoms with Crippen LogP contribution in [0.5, 0.6) is 0 Å². The fourth-order valence-electron chi connectivity index (χ4n) is 2.89. The topological polar surface area (TPSA) is 34.9 Å². The van der Waals surface area contributed by atoms with Gasteiger partial charge in [-0.3, -0.25) is 9.36 Å². The van der Waals surface area contributed by atoms with Crippen molar-refractivity contribution in [3.8, 4) is 0 Å². The zero-order valence-corrected chi connectivity index (χ0v) is 9.83. The molecule has 3 heteroatoms. The first-order valence-corrected chi connectivity index (χ1v) is 6.37. The highest BCUT2D eigenvalue weighted by molar-refractivity contribution is 5.22. The highest BCUT2D eigenvalue weighted by Gasteiger charge is 2.22. The molecule has 2 heterocycles. The van der Waals surface area contributed by atoms with Crippen LogP contribution in [0.4, 0.5) is 0 Å². The van der Waals surface area contributed by atoms with Gasteiger partial charge in [0.1, 0.15) is 5.82 Å². The van der Waals surface area contributed by atoms with E-state index in [1.807, 2.05) is 4.57 Å². The molecule has 0 fully saturated rings.